The van der Waals surface area contributed by atoms with Crippen LogP contribution in [-0.4, -0.2) is 38.2 Å². The van der Waals surface area contributed by atoms with E-state index in [9.17, 15) is 14.7 Å². The molecule has 1 unspecified atom stereocenters. The SMILES string of the molecule is Cc1cn([C@@H]2CC(O)[C@H](CO)O2)c(=O)n(C)c1=O. The lowest BCUT2D eigenvalue weighted by Crippen LogP contribution is -2.40. The number of aromatic nitrogens is 2. The van der Waals surface area contributed by atoms with Gasteiger partial charge in [-0.25, -0.2) is 4.79 Å². The lowest BCUT2D eigenvalue weighted by molar-refractivity contribution is -0.0463. The molecule has 3 atom stereocenters. The molecule has 1 fully saturated rings. The van der Waals surface area contributed by atoms with Crippen LogP contribution in [0.3, 0.4) is 0 Å². The predicted molar refractivity (Wildman–Crippen MR) is 62.3 cm³/mol. The van der Waals surface area contributed by atoms with Gasteiger partial charge in [0.15, 0.2) is 0 Å². The number of aliphatic hydroxyl groups excluding tert-OH is 2. The van der Waals surface area contributed by atoms with Crippen LogP contribution in [0.1, 0.15) is 18.2 Å². The zero-order valence-corrected chi connectivity index (χ0v) is 10.2. The summed E-state index contributed by atoms with van der Waals surface area (Å²) in [5.41, 5.74) is -0.433. The van der Waals surface area contributed by atoms with Crippen LogP contribution in [0.5, 0.6) is 0 Å². The van der Waals surface area contributed by atoms with E-state index in [-0.39, 0.29) is 18.6 Å². The molecule has 0 aromatic carbocycles. The van der Waals surface area contributed by atoms with E-state index in [0.29, 0.717) is 5.56 Å². The van der Waals surface area contributed by atoms with E-state index in [2.05, 4.69) is 0 Å². The van der Waals surface area contributed by atoms with Crippen LogP contribution in [0.4, 0.5) is 0 Å². The first-order valence-electron chi connectivity index (χ1n) is 5.69. The van der Waals surface area contributed by atoms with Gasteiger partial charge >= 0.3 is 5.69 Å². The van der Waals surface area contributed by atoms with Crippen LogP contribution in [0, 0.1) is 6.92 Å². The second kappa shape index (κ2) is 4.68. The fourth-order valence-electron chi connectivity index (χ4n) is 2.10. The van der Waals surface area contributed by atoms with E-state index >= 15 is 0 Å². The van der Waals surface area contributed by atoms with Crippen LogP contribution < -0.4 is 11.2 Å². The Morgan fingerprint density at radius 2 is 2.17 bits per heavy atom. The highest BCUT2D eigenvalue weighted by Crippen LogP contribution is 2.27. The number of nitrogens with zero attached hydrogens (tertiary/aromatic N) is 2. The van der Waals surface area contributed by atoms with Gasteiger partial charge in [-0.05, 0) is 6.92 Å². The highest BCUT2D eigenvalue weighted by atomic mass is 16.5. The van der Waals surface area contributed by atoms with Gasteiger partial charge in [-0.2, -0.15) is 0 Å². The van der Waals surface area contributed by atoms with E-state index in [4.69, 9.17) is 9.84 Å². The third-order valence-electron chi connectivity index (χ3n) is 3.18. The standard InChI is InChI=1S/C11H16N2O5/c1-6-4-13(11(17)12(2)10(6)16)9-3-7(15)8(5-14)18-9/h4,7-9,14-15H,3,5H2,1-2H3/t7?,8-,9-/m0/s1. The number of hydrogen-bond acceptors (Lipinski definition) is 5. The summed E-state index contributed by atoms with van der Waals surface area (Å²) in [5, 5.41) is 18.6. The average Bonchev–Trinajstić information content (AvgIpc) is 2.72. The second-order valence-electron chi connectivity index (χ2n) is 4.48. The molecule has 18 heavy (non-hydrogen) atoms. The van der Waals surface area contributed by atoms with Crippen molar-refractivity contribution >= 4 is 0 Å². The minimum absolute atomic E-state index is 0.211. The summed E-state index contributed by atoms with van der Waals surface area (Å²) < 4.78 is 7.66. The third-order valence-corrected chi connectivity index (χ3v) is 3.18. The van der Waals surface area contributed by atoms with E-state index < -0.39 is 24.1 Å². The number of ether oxygens (including phenoxy) is 1. The molecule has 2 rings (SSSR count). The van der Waals surface area contributed by atoms with Crippen molar-refractivity contribution in [2.24, 2.45) is 7.05 Å². The van der Waals surface area contributed by atoms with E-state index in [1.807, 2.05) is 0 Å². The average molecular weight is 256 g/mol. The highest BCUT2D eigenvalue weighted by Gasteiger charge is 2.35. The maximum atomic E-state index is 11.9. The normalized spacial score (nSPS) is 27.7. The smallest absolute Gasteiger partial charge is 0.332 e. The fraction of sp³-hybridized carbons (Fsp3) is 0.636. The summed E-state index contributed by atoms with van der Waals surface area (Å²) in [6.07, 6.45) is -0.538. The Bertz CT molecular complexity index is 562. The molecule has 7 heteroatoms. The van der Waals surface area contributed by atoms with E-state index in [0.717, 1.165) is 4.57 Å². The van der Waals surface area contributed by atoms with E-state index in [1.54, 1.807) is 6.92 Å². The Balaban J connectivity index is 2.42. The molecule has 0 spiro atoms. The van der Waals surface area contributed by atoms with Gasteiger partial charge in [-0.1, -0.05) is 0 Å². The summed E-state index contributed by atoms with van der Waals surface area (Å²) in [4.78, 5) is 23.5. The molecule has 1 aromatic heterocycles. The first-order valence-corrected chi connectivity index (χ1v) is 5.69. The molecule has 1 saturated heterocycles. The van der Waals surface area contributed by atoms with Crippen molar-refractivity contribution in [2.75, 3.05) is 6.61 Å². The minimum atomic E-state index is -0.815. The fourth-order valence-corrected chi connectivity index (χ4v) is 2.10. The third kappa shape index (κ3) is 2.00. The minimum Gasteiger partial charge on any atom is -0.394 e. The van der Waals surface area contributed by atoms with Crippen molar-refractivity contribution in [3.05, 3.63) is 32.6 Å². The molecule has 0 radical (unpaired) electrons. The van der Waals surface area contributed by atoms with Gasteiger partial charge < -0.3 is 14.9 Å². The van der Waals surface area contributed by atoms with Crippen molar-refractivity contribution in [3.63, 3.8) is 0 Å². The van der Waals surface area contributed by atoms with Crippen molar-refractivity contribution in [2.45, 2.75) is 31.8 Å². The van der Waals surface area contributed by atoms with Crippen molar-refractivity contribution in [1.29, 1.82) is 0 Å². The van der Waals surface area contributed by atoms with Gasteiger partial charge in [0.05, 0.1) is 12.7 Å². The van der Waals surface area contributed by atoms with Crippen LogP contribution in [-0.2, 0) is 11.8 Å². The van der Waals surface area contributed by atoms with Gasteiger partial charge in [0.2, 0.25) is 0 Å². The molecule has 0 bridgehead atoms. The van der Waals surface area contributed by atoms with Crippen LogP contribution in [0.25, 0.3) is 0 Å². The summed E-state index contributed by atoms with van der Waals surface area (Å²) in [5.74, 6) is 0. The highest BCUT2D eigenvalue weighted by molar-refractivity contribution is 5.03. The predicted octanol–water partition coefficient (Wildman–Crippen LogP) is -1.50. The zero-order chi connectivity index (χ0) is 13.4. The van der Waals surface area contributed by atoms with Gasteiger partial charge in [0.1, 0.15) is 12.3 Å². The van der Waals surface area contributed by atoms with Crippen LogP contribution in [0.2, 0.25) is 0 Å². The zero-order valence-electron chi connectivity index (χ0n) is 10.2. The maximum absolute atomic E-state index is 11.9. The molecule has 1 aliphatic heterocycles. The maximum Gasteiger partial charge on any atom is 0.332 e. The lowest BCUT2D eigenvalue weighted by atomic mass is 10.2. The molecule has 1 aliphatic rings. The quantitative estimate of drug-likeness (QED) is 0.671. The van der Waals surface area contributed by atoms with Crippen molar-refractivity contribution < 1.29 is 14.9 Å². The molecule has 0 amide bonds. The molecular formula is C11H16N2O5. The largest absolute Gasteiger partial charge is 0.394 e. The topological polar surface area (TPSA) is 93.7 Å². The number of aryl methyl sites for hydroxylation is 1. The van der Waals surface area contributed by atoms with Crippen LogP contribution in [0.15, 0.2) is 15.8 Å². The van der Waals surface area contributed by atoms with Crippen molar-refractivity contribution in [3.8, 4) is 0 Å². The summed E-state index contributed by atoms with van der Waals surface area (Å²) in [6, 6.07) is 0. The van der Waals surface area contributed by atoms with Gasteiger partial charge in [-0.15, -0.1) is 0 Å². The lowest BCUT2D eigenvalue weighted by Gasteiger charge is -2.16. The first-order chi connectivity index (χ1) is 8.45. The Morgan fingerprint density at radius 3 is 2.72 bits per heavy atom. The Kier molecular flexibility index (Phi) is 3.38. The molecule has 0 saturated carbocycles. The molecule has 2 heterocycles. The molecule has 7 nitrogen and oxygen atoms in total. The summed E-state index contributed by atoms with van der Waals surface area (Å²) >= 11 is 0. The Labute approximate surface area is 103 Å². The van der Waals surface area contributed by atoms with Gasteiger partial charge in [0.25, 0.3) is 5.56 Å². The molecular weight excluding hydrogens is 240 g/mol. The van der Waals surface area contributed by atoms with E-state index in [1.165, 1.54) is 17.8 Å². The first kappa shape index (κ1) is 13.0. The molecule has 100 valence electrons. The monoisotopic (exact) mass is 256 g/mol. The summed E-state index contributed by atoms with van der Waals surface area (Å²) in [7, 11) is 1.39. The molecule has 0 aliphatic carbocycles. The summed E-state index contributed by atoms with van der Waals surface area (Å²) in [6.45, 7) is 1.30. The molecule has 1 aromatic rings. The number of aliphatic hydroxyl groups is 2. The molecule has 2 N–H and O–H groups in total. The second-order valence-corrected chi connectivity index (χ2v) is 4.48. The van der Waals surface area contributed by atoms with Gasteiger partial charge in [0, 0.05) is 25.2 Å². The number of hydrogen-bond donors (Lipinski definition) is 2. The van der Waals surface area contributed by atoms with Gasteiger partial charge in [-0.3, -0.25) is 13.9 Å². The van der Waals surface area contributed by atoms with Crippen molar-refractivity contribution in [1.82, 2.24) is 9.13 Å². The van der Waals surface area contributed by atoms with Crippen LogP contribution >= 0.6 is 0 Å². The Morgan fingerprint density at radius 1 is 1.50 bits per heavy atom. The Hall–Kier alpha value is -1.44. The number of rotatable bonds is 2.